The van der Waals surface area contributed by atoms with E-state index in [1.165, 1.54) is 57.1 Å². The maximum atomic E-state index is 14.4. The number of halogens is 2. The lowest BCUT2D eigenvalue weighted by molar-refractivity contribution is 0.230. The van der Waals surface area contributed by atoms with Gasteiger partial charge in [0.15, 0.2) is 0 Å². The molecule has 262 valence electrons. The number of nitrogens with zero attached hydrogens (tertiary/aromatic N) is 3. The van der Waals surface area contributed by atoms with Gasteiger partial charge in [0.25, 0.3) is 0 Å². The molecule has 2 fully saturated rings. The van der Waals surface area contributed by atoms with Crippen molar-refractivity contribution in [2.45, 2.75) is 16.2 Å². The van der Waals surface area contributed by atoms with Gasteiger partial charge in [0.2, 0.25) is 20.0 Å². The quantitative estimate of drug-likeness (QED) is 0.173. The van der Waals surface area contributed by atoms with Crippen molar-refractivity contribution in [3.63, 3.8) is 0 Å². The van der Waals surface area contributed by atoms with Gasteiger partial charge in [-0.3, -0.25) is 0 Å². The van der Waals surface area contributed by atoms with Crippen LogP contribution in [0.1, 0.15) is 28.7 Å². The first-order valence-corrected chi connectivity index (χ1v) is 19.4. The standard InChI is InChI=1S/C41H33F2N3O4S2/c42-35-19-13-30(14-20-35)23-32-24-41(28-45(26-32)51(47,48)37-7-3-1-4-8-37)29-46(52(49,50)38-9-5-2-6-10-38)27-39(41)40(34-17-21-36(43)22-18-34)33-15-11-31(25-44)12-16-33/h1-23H,24,26-29H2/b32-23-,40-39+/t41-/m0/s1. The third-order valence-corrected chi connectivity index (χ3v) is 13.2. The van der Waals surface area contributed by atoms with Crippen LogP contribution >= 0.6 is 0 Å². The van der Waals surface area contributed by atoms with E-state index in [0.29, 0.717) is 39.0 Å². The summed E-state index contributed by atoms with van der Waals surface area (Å²) in [7, 11) is -8.18. The smallest absolute Gasteiger partial charge is 0.207 e. The summed E-state index contributed by atoms with van der Waals surface area (Å²) in [5.41, 5.74) is 3.21. The van der Waals surface area contributed by atoms with Crippen LogP contribution in [0.5, 0.6) is 0 Å². The van der Waals surface area contributed by atoms with E-state index >= 15 is 0 Å². The van der Waals surface area contributed by atoms with Crippen molar-refractivity contribution in [1.29, 1.82) is 5.26 Å². The van der Waals surface area contributed by atoms with Gasteiger partial charge in [-0.2, -0.15) is 13.9 Å². The first kappa shape index (κ1) is 35.2. The maximum Gasteiger partial charge on any atom is 0.243 e. The number of sulfonamides is 2. The van der Waals surface area contributed by atoms with Crippen molar-refractivity contribution < 1.29 is 25.6 Å². The second-order valence-electron chi connectivity index (χ2n) is 13.0. The minimum Gasteiger partial charge on any atom is -0.207 e. The Morgan fingerprint density at radius 2 is 1.10 bits per heavy atom. The van der Waals surface area contributed by atoms with Gasteiger partial charge in [-0.05, 0) is 94.9 Å². The van der Waals surface area contributed by atoms with Crippen LogP contribution in [-0.4, -0.2) is 51.6 Å². The van der Waals surface area contributed by atoms with Crippen molar-refractivity contribution in [2.75, 3.05) is 26.2 Å². The molecule has 0 aliphatic carbocycles. The summed E-state index contributed by atoms with van der Waals surface area (Å²) >= 11 is 0. The molecule has 0 unspecified atom stereocenters. The zero-order valence-corrected chi connectivity index (χ0v) is 29.5. The largest absolute Gasteiger partial charge is 0.243 e. The van der Waals surface area contributed by atoms with E-state index in [4.69, 9.17) is 0 Å². The third kappa shape index (κ3) is 6.86. The molecule has 2 aliphatic heterocycles. The van der Waals surface area contributed by atoms with Crippen LogP contribution in [0.4, 0.5) is 8.78 Å². The molecule has 2 aliphatic rings. The molecule has 0 N–H and O–H groups in total. The monoisotopic (exact) mass is 733 g/mol. The van der Waals surface area contributed by atoms with E-state index in [1.54, 1.807) is 84.9 Å². The highest BCUT2D eigenvalue weighted by molar-refractivity contribution is 7.89. The van der Waals surface area contributed by atoms with Crippen LogP contribution in [0.2, 0.25) is 0 Å². The second-order valence-corrected chi connectivity index (χ2v) is 16.9. The molecular formula is C41H33F2N3O4S2. The van der Waals surface area contributed by atoms with Crippen LogP contribution in [0, 0.1) is 28.4 Å². The predicted molar refractivity (Wildman–Crippen MR) is 195 cm³/mol. The van der Waals surface area contributed by atoms with Crippen molar-refractivity contribution in [1.82, 2.24) is 8.61 Å². The van der Waals surface area contributed by atoms with Gasteiger partial charge in [-0.1, -0.05) is 84.4 Å². The molecule has 2 heterocycles. The van der Waals surface area contributed by atoms with Gasteiger partial charge in [0.1, 0.15) is 11.6 Å². The summed E-state index contributed by atoms with van der Waals surface area (Å²) in [5.74, 6) is -0.866. The molecule has 1 atom stereocenters. The first-order chi connectivity index (χ1) is 25.0. The molecule has 2 saturated heterocycles. The molecule has 1 spiro atoms. The van der Waals surface area contributed by atoms with E-state index in [-0.39, 0.29) is 42.4 Å². The molecule has 0 amide bonds. The number of rotatable bonds is 7. The Balaban J connectivity index is 1.50. The van der Waals surface area contributed by atoms with Gasteiger partial charge >= 0.3 is 0 Å². The molecule has 11 heteroatoms. The fourth-order valence-corrected chi connectivity index (χ4v) is 10.3. The lowest BCUT2D eigenvalue weighted by Crippen LogP contribution is -2.49. The zero-order chi connectivity index (χ0) is 36.5. The Kier molecular flexibility index (Phi) is 9.50. The molecule has 0 aromatic heterocycles. The summed E-state index contributed by atoms with van der Waals surface area (Å²) in [4.78, 5) is 0.191. The predicted octanol–water partition coefficient (Wildman–Crippen LogP) is 7.51. The maximum absolute atomic E-state index is 14.4. The lowest BCUT2D eigenvalue weighted by atomic mass is 9.71. The van der Waals surface area contributed by atoms with E-state index < -0.39 is 37.1 Å². The Morgan fingerprint density at radius 1 is 0.635 bits per heavy atom. The van der Waals surface area contributed by atoms with Crippen LogP contribution in [0.25, 0.3) is 11.6 Å². The van der Waals surface area contributed by atoms with Crippen LogP contribution in [0.3, 0.4) is 0 Å². The van der Waals surface area contributed by atoms with Crippen molar-refractivity contribution in [2.24, 2.45) is 5.41 Å². The number of piperidine rings is 1. The highest BCUT2D eigenvalue weighted by atomic mass is 32.2. The van der Waals surface area contributed by atoms with Gasteiger partial charge < -0.3 is 0 Å². The highest BCUT2D eigenvalue weighted by Crippen LogP contribution is 2.51. The van der Waals surface area contributed by atoms with Gasteiger partial charge in [0, 0.05) is 31.6 Å². The van der Waals surface area contributed by atoms with Crippen molar-refractivity contribution >= 4 is 31.7 Å². The van der Waals surface area contributed by atoms with E-state index in [2.05, 4.69) is 6.07 Å². The Labute approximate surface area is 302 Å². The molecule has 0 radical (unpaired) electrons. The molecule has 7 nitrogen and oxygen atoms in total. The molecule has 5 aromatic carbocycles. The molecule has 52 heavy (non-hydrogen) atoms. The van der Waals surface area contributed by atoms with Crippen LogP contribution in [0.15, 0.2) is 154 Å². The summed E-state index contributed by atoms with van der Waals surface area (Å²) in [6, 6.07) is 36.9. The summed E-state index contributed by atoms with van der Waals surface area (Å²) in [6.45, 7) is -0.158. The molecule has 7 rings (SSSR count). The van der Waals surface area contributed by atoms with E-state index in [1.807, 2.05) is 6.08 Å². The van der Waals surface area contributed by atoms with Crippen LogP contribution in [-0.2, 0) is 20.0 Å². The third-order valence-electron chi connectivity index (χ3n) is 9.62. The minimum atomic E-state index is -4.10. The van der Waals surface area contributed by atoms with Gasteiger partial charge in [0.05, 0.1) is 21.4 Å². The highest BCUT2D eigenvalue weighted by Gasteiger charge is 2.52. The number of hydrogen-bond donors (Lipinski definition) is 0. The molecule has 5 aromatic rings. The number of hydrogen-bond acceptors (Lipinski definition) is 5. The lowest BCUT2D eigenvalue weighted by Gasteiger charge is -2.42. The summed E-state index contributed by atoms with van der Waals surface area (Å²) in [5, 5.41) is 9.56. The van der Waals surface area contributed by atoms with E-state index in [9.17, 15) is 30.9 Å². The zero-order valence-electron chi connectivity index (χ0n) is 27.9. The van der Waals surface area contributed by atoms with E-state index in [0.717, 1.165) is 0 Å². The Hall–Kier alpha value is -5.25. The van der Waals surface area contributed by atoms with Crippen molar-refractivity contribution in [3.8, 4) is 6.07 Å². The normalized spacial score (nSPS) is 20.2. The van der Waals surface area contributed by atoms with Crippen molar-refractivity contribution in [3.05, 3.63) is 178 Å². The molecular weight excluding hydrogens is 701 g/mol. The van der Waals surface area contributed by atoms with Crippen LogP contribution < -0.4 is 0 Å². The summed E-state index contributed by atoms with van der Waals surface area (Å²) < 4.78 is 88.7. The van der Waals surface area contributed by atoms with Gasteiger partial charge in [-0.15, -0.1) is 0 Å². The topological polar surface area (TPSA) is 98.5 Å². The number of nitriles is 1. The number of benzene rings is 5. The minimum absolute atomic E-state index is 0.0256. The average Bonchev–Trinajstić information content (AvgIpc) is 3.52. The Bertz CT molecular complexity index is 2430. The Morgan fingerprint density at radius 3 is 1.60 bits per heavy atom. The van der Waals surface area contributed by atoms with Gasteiger partial charge in [-0.25, -0.2) is 25.6 Å². The molecule has 0 bridgehead atoms. The SMILES string of the molecule is N#Cc1ccc(/C(=C2/CN(S(=O)(=O)c3ccccc3)C[C@@]23C/C(=C/c2ccc(F)cc2)CN(S(=O)(=O)c2ccccc2)C3)c2ccc(F)cc2)cc1. The molecule has 0 saturated carbocycles. The average molecular weight is 734 g/mol. The second kappa shape index (κ2) is 14.1. The summed E-state index contributed by atoms with van der Waals surface area (Å²) in [6.07, 6.45) is 2.11. The fourth-order valence-electron chi connectivity index (χ4n) is 7.21. The first-order valence-electron chi connectivity index (χ1n) is 16.5. The fraction of sp³-hybridized carbons (Fsp3) is 0.146.